The molecule has 1 aliphatic rings. The topological polar surface area (TPSA) is 71.8 Å². The van der Waals surface area contributed by atoms with Gasteiger partial charge in [-0.15, -0.1) is 5.10 Å². The minimum absolute atomic E-state index is 0.0937. The molecule has 2 N–H and O–H groups in total. The molecule has 0 saturated carbocycles. The molecule has 0 unspecified atom stereocenters. The molecule has 6 nitrogen and oxygen atoms in total. The minimum atomic E-state index is 0.0937. The first kappa shape index (κ1) is 13.8. The molecule has 6 heteroatoms. The van der Waals surface area contributed by atoms with Gasteiger partial charge in [0.05, 0.1) is 18.1 Å². The van der Waals surface area contributed by atoms with E-state index in [1.165, 1.54) is 0 Å². The third kappa shape index (κ3) is 3.28. The van der Waals surface area contributed by atoms with Gasteiger partial charge in [-0.25, -0.2) is 4.68 Å². The van der Waals surface area contributed by atoms with Crippen LogP contribution in [0.4, 0.5) is 5.69 Å². The molecule has 0 bridgehead atoms. The van der Waals surface area contributed by atoms with Crippen molar-refractivity contribution < 1.29 is 4.79 Å². The first-order chi connectivity index (χ1) is 10.2. The zero-order chi connectivity index (χ0) is 14.7. The lowest BCUT2D eigenvalue weighted by atomic mass is 9.92. The largest absolute Gasteiger partial charge is 0.326 e. The summed E-state index contributed by atoms with van der Waals surface area (Å²) in [7, 11) is 0. The van der Waals surface area contributed by atoms with Crippen LogP contribution in [0.5, 0.6) is 0 Å². The Kier molecular flexibility index (Phi) is 3.96. The lowest BCUT2D eigenvalue weighted by Crippen LogP contribution is -2.40. The van der Waals surface area contributed by atoms with Gasteiger partial charge in [-0.3, -0.25) is 4.79 Å². The molecule has 1 fully saturated rings. The summed E-state index contributed by atoms with van der Waals surface area (Å²) in [6.07, 6.45) is 5.20. The van der Waals surface area contributed by atoms with Crippen molar-refractivity contribution >= 4 is 11.6 Å². The van der Waals surface area contributed by atoms with E-state index in [9.17, 15) is 4.79 Å². The van der Waals surface area contributed by atoms with Crippen molar-refractivity contribution in [3.8, 4) is 5.69 Å². The van der Waals surface area contributed by atoms with Crippen LogP contribution in [0.1, 0.15) is 19.8 Å². The average molecular weight is 285 g/mol. The molecule has 0 aliphatic carbocycles. The standard InChI is InChI=1S/C15H19N5O/c1-11-10-12(6-7-16-11)15(21)18-13-2-4-14(5-3-13)20-9-8-17-19-20/h2-5,8-9,11-12,16H,6-7,10H2,1H3,(H,18,21)/t11-,12-/m0/s1. The quantitative estimate of drug-likeness (QED) is 0.898. The second-order valence-electron chi connectivity index (χ2n) is 5.46. The first-order valence-electron chi connectivity index (χ1n) is 7.23. The lowest BCUT2D eigenvalue weighted by molar-refractivity contribution is -0.120. The highest BCUT2D eigenvalue weighted by molar-refractivity contribution is 5.92. The summed E-state index contributed by atoms with van der Waals surface area (Å²) < 4.78 is 1.68. The van der Waals surface area contributed by atoms with Crippen LogP contribution in [0.25, 0.3) is 5.69 Å². The SMILES string of the molecule is C[C@H]1C[C@@H](C(=O)Nc2ccc(-n3ccnn3)cc2)CCN1. The lowest BCUT2D eigenvalue weighted by Gasteiger charge is -2.27. The van der Waals surface area contributed by atoms with E-state index in [0.717, 1.165) is 30.8 Å². The molecule has 1 amide bonds. The van der Waals surface area contributed by atoms with E-state index in [0.29, 0.717) is 6.04 Å². The zero-order valence-corrected chi connectivity index (χ0v) is 12.0. The maximum absolute atomic E-state index is 12.3. The van der Waals surface area contributed by atoms with Crippen molar-refractivity contribution in [2.24, 2.45) is 5.92 Å². The van der Waals surface area contributed by atoms with E-state index in [4.69, 9.17) is 0 Å². The van der Waals surface area contributed by atoms with Crippen LogP contribution >= 0.6 is 0 Å². The van der Waals surface area contributed by atoms with Gasteiger partial charge in [0.25, 0.3) is 0 Å². The van der Waals surface area contributed by atoms with Gasteiger partial charge < -0.3 is 10.6 Å². The molecule has 3 rings (SSSR count). The van der Waals surface area contributed by atoms with Crippen LogP contribution in [0.15, 0.2) is 36.7 Å². The number of anilines is 1. The van der Waals surface area contributed by atoms with Crippen molar-refractivity contribution in [3.05, 3.63) is 36.7 Å². The molecule has 2 heterocycles. The normalized spacial score (nSPS) is 22.0. The van der Waals surface area contributed by atoms with Crippen LogP contribution in [0.2, 0.25) is 0 Å². The van der Waals surface area contributed by atoms with Crippen molar-refractivity contribution in [3.63, 3.8) is 0 Å². The van der Waals surface area contributed by atoms with Gasteiger partial charge in [0.15, 0.2) is 0 Å². The average Bonchev–Trinajstić information content (AvgIpc) is 3.02. The summed E-state index contributed by atoms with van der Waals surface area (Å²) in [5, 5.41) is 14.1. The number of hydrogen-bond donors (Lipinski definition) is 2. The summed E-state index contributed by atoms with van der Waals surface area (Å²) in [6.45, 7) is 3.02. The highest BCUT2D eigenvalue weighted by atomic mass is 16.1. The van der Waals surface area contributed by atoms with Gasteiger partial charge in [0.1, 0.15) is 0 Å². The Balaban J connectivity index is 1.63. The Morgan fingerprint density at radius 1 is 1.38 bits per heavy atom. The number of nitrogens with zero attached hydrogens (tertiary/aromatic N) is 3. The summed E-state index contributed by atoms with van der Waals surface area (Å²) >= 11 is 0. The molecule has 1 aliphatic heterocycles. The predicted octanol–water partition coefficient (Wildman–Crippen LogP) is 1.59. The van der Waals surface area contributed by atoms with Crippen molar-refractivity contribution in [2.45, 2.75) is 25.8 Å². The molecular formula is C15H19N5O. The summed E-state index contributed by atoms with van der Waals surface area (Å²) in [5.74, 6) is 0.202. The number of hydrogen-bond acceptors (Lipinski definition) is 4. The Morgan fingerprint density at radius 3 is 2.86 bits per heavy atom. The van der Waals surface area contributed by atoms with Gasteiger partial charge in [-0.2, -0.15) is 0 Å². The Bertz CT molecular complexity index is 593. The number of carbonyl (C=O) groups is 1. The van der Waals surface area contributed by atoms with E-state index in [-0.39, 0.29) is 11.8 Å². The number of amides is 1. The third-order valence-electron chi connectivity index (χ3n) is 3.82. The fourth-order valence-corrected chi connectivity index (χ4v) is 2.66. The number of aromatic nitrogens is 3. The number of rotatable bonds is 3. The fourth-order valence-electron chi connectivity index (χ4n) is 2.66. The molecule has 2 atom stereocenters. The Hall–Kier alpha value is -2.21. The summed E-state index contributed by atoms with van der Waals surface area (Å²) in [6, 6.07) is 8.01. The Morgan fingerprint density at radius 2 is 2.19 bits per heavy atom. The van der Waals surface area contributed by atoms with Gasteiger partial charge in [-0.1, -0.05) is 5.21 Å². The monoisotopic (exact) mass is 285 g/mol. The Labute approximate surface area is 123 Å². The molecular weight excluding hydrogens is 266 g/mol. The van der Waals surface area contributed by atoms with E-state index < -0.39 is 0 Å². The predicted molar refractivity (Wildman–Crippen MR) is 80.2 cm³/mol. The molecule has 0 radical (unpaired) electrons. The number of nitrogens with one attached hydrogen (secondary N) is 2. The molecule has 2 aromatic rings. The first-order valence-corrected chi connectivity index (χ1v) is 7.23. The maximum atomic E-state index is 12.3. The smallest absolute Gasteiger partial charge is 0.227 e. The van der Waals surface area contributed by atoms with E-state index in [1.807, 2.05) is 24.3 Å². The summed E-state index contributed by atoms with van der Waals surface area (Å²) in [5.41, 5.74) is 1.73. The molecule has 1 saturated heterocycles. The van der Waals surface area contributed by atoms with E-state index in [2.05, 4.69) is 27.9 Å². The molecule has 1 aromatic heterocycles. The van der Waals surface area contributed by atoms with Gasteiger partial charge in [-0.05, 0) is 50.6 Å². The minimum Gasteiger partial charge on any atom is -0.326 e. The summed E-state index contributed by atoms with van der Waals surface area (Å²) in [4.78, 5) is 12.3. The van der Waals surface area contributed by atoms with Gasteiger partial charge in [0.2, 0.25) is 5.91 Å². The third-order valence-corrected chi connectivity index (χ3v) is 3.82. The van der Waals surface area contributed by atoms with Gasteiger partial charge >= 0.3 is 0 Å². The van der Waals surface area contributed by atoms with Crippen LogP contribution in [-0.2, 0) is 4.79 Å². The van der Waals surface area contributed by atoms with Crippen LogP contribution in [-0.4, -0.2) is 33.5 Å². The van der Waals surface area contributed by atoms with Crippen LogP contribution in [0.3, 0.4) is 0 Å². The molecule has 110 valence electrons. The van der Waals surface area contributed by atoms with Gasteiger partial charge in [0, 0.05) is 17.6 Å². The van der Waals surface area contributed by atoms with Crippen molar-refractivity contribution in [1.29, 1.82) is 0 Å². The second-order valence-corrected chi connectivity index (χ2v) is 5.46. The van der Waals surface area contributed by atoms with E-state index >= 15 is 0 Å². The highest BCUT2D eigenvalue weighted by Gasteiger charge is 2.24. The van der Waals surface area contributed by atoms with E-state index in [1.54, 1.807) is 17.1 Å². The number of benzene rings is 1. The molecule has 1 aromatic carbocycles. The highest BCUT2D eigenvalue weighted by Crippen LogP contribution is 2.19. The van der Waals surface area contributed by atoms with Crippen LogP contribution in [0, 0.1) is 5.92 Å². The number of piperidine rings is 1. The fraction of sp³-hybridized carbons (Fsp3) is 0.400. The second kappa shape index (κ2) is 6.05. The van der Waals surface area contributed by atoms with Crippen molar-refractivity contribution in [2.75, 3.05) is 11.9 Å². The molecule has 21 heavy (non-hydrogen) atoms. The van der Waals surface area contributed by atoms with Crippen LogP contribution < -0.4 is 10.6 Å². The van der Waals surface area contributed by atoms with Crippen molar-refractivity contribution in [1.82, 2.24) is 20.3 Å². The molecule has 0 spiro atoms. The maximum Gasteiger partial charge on any atom is 0.227 e. The zero-order valence-electron chi connectivity index (χ0n) is 12.0. The number of carbonyl (C=O) groups excluding carboxylic acids is 1.